The van der Waals surface area contributed by atoms with Crippen molar-refractivity contribution in [2.24, 2.45) is 5.73 Å². The molecular weight excluding hydrogens is 240 g/mol. The Bertz CT molecular complexity index is 264. The number of rotatable bonds is 8. The van der Waals surface area contributed by atoms with Gasteiger partial charge in [0.25, 0.3) is 0 Å². The largest absolute Gasteiger partial charge is 0.354 e. The maximum atomic E-state index is 11.8. The van der Waals surface area contributed by atoms with Crippen LogP contribution in [0.3, 0.4) is 0 Å². The molecule has 1 rings (SSSR count). The first-order valence-corrected chi connectivity index (χ1v) is 7.45. The molecule has 0 aromatic heterocycles. The van der Waals surface area contributed by atoms with Crippen LogP contribution in [0.5, 0.6) is 0 Å². The summed E-state index contributed by atoms with van der Waals surface area (Å²) in [5, 5.41) is 2.93. The van der Waals surface area contributed by atoms with E-state index < -0.39 is 0 Å². The first-order valence-electron chi connectivity index (χ1n) is 7.45. The van der Waals surface area contributed by atoms with Crippen LogP contribution in [0.25, 0.3) is 0 Å². The molecule has 5 nitrogen and oxygen atoms in total. The molecule has 1 atom stereocenters. The molecule has 0 aromatic carbocycles. The van der Waals surface area contributed by atoms with E-state index in [9.17, 15) is 4.79 Å². The highest BCUT2D eigenvalue weighted by Gasteiger charge is 2.19. The number of hydrogen-bond donors (Lipinski definition) is 2. The Morgan fingerprint density at radius 2 is 2.00 bits per heavy atom. The highest BCUT2D eigenvalue weighted by atomic mass is 16.1. The summed E-state index contributed by atoms with van der Waals surface area (Å²) in [5.74, 6) is 0.0958. The van der Waals surface area contributed by atoms with E-state index >= 15 is 0 Å². The summed E-state index contributed by atoms with van der Waals surface area (Å²) in [6.07, 6.45) is 3.13. The molecule has 1 fully saturated rings. The van der Waals surface area contributed by atoms with E-state index in [1.807, 2.05) is 13.8 Å². The number of carbonyl (C=O) groups excluding carboxylic acids is 1. The second-order valence-electron chi connectivity index (χ2n) is 5.85. The molecular formula is C14H30N4O. The van der Waals surface area contributed by atoms with Gasteiger partial charge in [0.1, 0.15) is 0 Å². The standard InChI is InChI=1S/C14H30N4O/c1-12(2)16-14(19)10-13(11-15)17(3)8-9-18-6-4-5-7-18/h12-13H,4-11,15H2,1-3H3,(H,16,19). The predicted molar refractivity (Wildman–Crippen MR) is 79.0 cm³/mol. The first kappa shape index (κ1) is 16.4. The molecule has 19 heavy (non-hydrogen) atoms. The lowest BCUT2D eigenvalue weighted by Gasteiger charge is -2.28. The van der Waals surface area contributed by atoms with E-state index in [0.717, 1.165) is 13.1 Å². The van der Waals surface area contributed by atoms with Crippen molar-refractivity contribution >= 4 is 5.91 Å². The van der Waals surface area contributed by atoms with Crippen LogP contribution in [0.2, 0.25) is 0 Å². The summed E-state index contributed by atoms with van der Waals surface area (Å²) in [4.78, 5) is 16.5. The van der Waals surface area contributed by atoms with Crippen LogP contribution >= 0.6 is 0 Å². The van der Waals surface area contributed by atoms with Gasteiger partial charge in [0, 0.05) is 38.1 Å². The average Bonchev–Trinajstić information content (AvgIpc) is 2.85. The van der Waals surface area contributed by atoms with Gasteiger partial charge in [-0.1, -0.05) is 0 Å². The Morgan fingerprint density at radius 1 is 1.37 bits per heavy atom. The Kier molecular flexibility index (Phi) is 7.34. The molecule has 1 amide bonds. The van der Waals surface area contributed by atoms with Crippen molar-refractivity contribution in [2.45, 2.75) is 45.2 Å². The number of nitrogens with two attached hydrogens (primary N) is 1. The van der Waals surface area contributed by atoms with E-state index in [2.05, 4.69) is 22.2 Å². The summed E-state index contributed by atoms with van der Waals surface area (Å²) < 4.78 is 0. The van der Waals surface area contributed by atoms with Gasteiger partial charge < -0.3 is 20.9 Å². The fourth-order valence-electron chi connectivity index (χ4n) is 2.50. The Morgan fingerprint density at radius 3 is 2.53 bits per heavy atom. The quantitative estimate of drug-likeness (QED) is 0.664. The number of carbonyl (C=O) groups is 1. The van der Waals surface area contributed by atoms with Crippen LogP contribution in [0.1, 0.15) is 33.1 Å². The van der Waals surface area contributed by atoms with Gasteiger partial charge >= 0.3 is 0 Å². The zero-order valence-electron chi connectivity index (χ0n) is 12.7. The molecule has 1 unspecified atom stereocenters. The summed E-state index contributed by atoms with van der Waals surface area (Å²) in [7, 11) is 2.07. The van der Waals surface area contributed by atoms with Crippen LogP contribution in [-0.2, 0) is 4.79 Å². The molecule has 1 heterocycles. The van der Waals surface area contributed by atoms with Gasteiger partial charge in [-0.2, -0.15) is 0 Å². The maximum Gasteiger partial charge on any atom is 0.221 e. The second-order valence-corrected chi connectivity index (χ2v) is 5.85. The van der Waals surface area contributed by atoms with Crippen LogP contribution in [0.4, 0.5) is 0 Å². The lowest BCUT2D eigenvalue weighted by atomic mass is 10.1. The Balaban J connectivity index is 2.29. The van der Waals surface area contributed by atoms with Crippen molar-refractivity contribution < 1.29 is 4.79 Å². The third kappa shape index (κ3) is 6.36. The molecule has 0 saturated carbocycles. The number of likely N-dealkylation sites (N-methyl/N-ethyl adjacent to an activating group) is 1. The topological polar surface area (TPSA) is 61.6 Å². The average molecular weight is 270 g/mol. The van der Waals surface area contributed by atoms with Crippen LogP contribution in [0, 0.1) is 0 Å². The number of amides is 1. The molecule has 5 heteroatoms. The number of hydrogen-bond acceptors (Lipinski definition) is 4. The zero-order valence-corrected chi connectivity index (χ0v) is 12.7. The smallest absolute Gasteiger partial charge is 0.221 e. The summed E-state index contributed by atoms with van der Waals surface area (Å²) in [6, 6.07) is 0.335. The molecule has 0 radical (unpaired) electrons. The molecule has 0 aromatic rings. The lowest BCUT2D eigenvalue weighted by molar-refractivity contribution is -0.122. The van der Waals surface area contributed by atoms with Crippen molar-refractivity contribution in [3.05, 3.63) is 0 Å². The van der Waals surface area contributed by atoms with Crippen LogP contribution in [-0.4, -0.2) is 67.6 Å². The van der Waals surface area contributed by atoms with E-state index in [1.165, 1.54) is 25.9 Å². The van der Waals surface area contributed by atoms with Crippen molar-refractivity contribution in [1.82, 2.24) is 15.1 Å². The van der Waals surface area contributed by atoms with Crippen molar-refractivity contribution in [3.8, 4) is 0 Å². The molecule has 0 bridgehead atoms. The van der Waals surface area contributed by atoms with Crippen LogP contribution < -0.4 is 11.1 Å². The highest BCUT2D eigenvalue weighted by molar-refractivity contribution is 5.76. The van der Waals surface area contributed by atoms with Gasteiger partial charge in [-0.25, -0.2) is 0 Å². The van der Waals surface area contributed by atoms with E-state index in [-0.39, 0.29) is 18.0 Å². The van der Waals surface area contributed by atoms with Gasteiger partial charge in [0.2, 0.25) is 5.91 Å². The minimum absolute atomic E-state index is 0.0958. The van der Waals surface area contributed by atoms with Gasteiger partial charge in [0.05, 0.1) is 0 Å². The second kappa shape index (κ2) is 8.51. The molecule has 3 N–H and O–H groups in total. The maximum absolute atomic E-state index is 11.8. The Hall–Kier alpha value is -0.650. The van der Waals surface area contributed by atoms with Crippen molar-refractivity contribution in [1.29, 1.82) is 0 Å². The zero-order chi connectivity index (χ0) is 14.3. The fourth-order valence-corrected chi connectivity index (χ4v) is 2.50. The van der Waals surface area contributed by atoms with E-state index in [0.29, 0.717) is 13.0 Å². The minimum atomic E-state index is 0.0958. The lowest BCUT2D eigenvalue weighted by Crippen LogP contribution is -2.45. The third-order valence-corrected chi connectivity index (χ3v) is 3.73. The van der Waals surface area contributed by atoms with Gasteiger partial charge in [-0.15, -0.1) is 0 Å². The summed E-state index contributed by atoms with van der Waals surface area (Å²) in [5.41, 5.74) is 5.80. The first-order chi connectivity index (χ1) is 9.02. The van der Waals surface area contributed by atoms with Gasteiger partial charge in [0.15, 0.2) is 0 Å². The number of nitrogens with zero attached hydrogens (tertiary/aromatic N) is 2. The molecule has 0 spiro atoms. The minimum Gasteiger partial charge on any atom is -0.354 e. The van der Waals surface area contributed by atoms with E-state index in [1.54, 1.807) is 0 Å². The Labute approximate surface area is 117 Å². The van der Waals surface area contributed by atoms with Crippen molar-refractivity contribution in [2.75, 3.05) is 39.8 Å². The number of nitrogens with one attached hydrogen (secondary N) is 1. The fraction of sp³-hybridized carbons (Fsp3) is 0.929. The van der Waals surface area contributed by atoms with Gasteiger partial charge in [-0.3, -0.25) is 4.79 Å². The molecule has 112 valence electrons. The normalized spacial score (nSPS) is 18.2. The monoisotopic (exact) mass is 270 g/mol. The third-order valence-electron chi connectivity index (χ3n) is 3.73. The molecule has 0 aliphatic carbocycles. The molecule has 1 saturated heterocycles. The highest BCUT2D eigenvalue weighted by Crippen LogP contribution is 2.08. The number of likely N-dealkylation sites (tertiary alicyclic amines) is 1. The van der Waals surface area contributed by atoms with Gasteiger partial charge in [-0.05, 0) is 46.8 Å². The van der Waals surface area contributed by atoms with Crippen LogP contribution in [0.15, 0.2) is 0 Å². The molecule has 1 aliphatic heterocycles. The SMILES string of the molecule is CC(C)NC(=O)CC(CN)N(C)CCN1CCCC1. The summed E-state index contributed by atoms with van der Waals surface area (Å²) in [6.45, 7) is 8.99. The summed E-state index contributed by atoms with van der Waals surface area (Å²) >= 11 is 0. The predicted octanol–water partition coefficient (Wildman–Crippen LogP) is 0.256. The molecule has 1 aliphatic rings. The van der Waals surface area contributed by atoms with E-state index in [4.69, 9.17) is 5.73 Å². The van der Waals surface area contributed by atoms with Crippen molar-refractivity contribution in [3.63, 3.8) is 0 Å².